The zero-order valence-electron chi connectivity index (χ0n) is 13.7. The van der Waals surface area contributed by atoms with Crippen LogP contribution >= 0.6 is 0 Å². The number of nitrogens with one attached hydrogen (secondary N) is 1. The fourth-order valence-electron chi connectivity index (χ4n) is 2.64. The van der Waals surface area contributed by atoms with E-state index in [1.165, 1.54) is 0 Å². The van der Waals surface area contributed by atoms with Gasteiger partial charge in [0.1, 0.15) is 0 Å². The molecule has 122 valence electrons. The Labute approximate surface area is 127 Å². The van der Waals surface area contributed by atoms with Crippen molar-refractivity contribution in [3.63, 3.8) is 0 Å². The van der Waals surface area contributed by atoms with Gasteiger partial charge in [0.25, 0.3) is 0 Å². The quantitative estimate of drug-likeness (QED) is 0.749. The number of aliphatic carboxylic acids is 1. The van der Waals surface area contributed by atoms with Crippen molar-refractivity contribution in [1.29, 1.82) is 0 Å². The normalized spacial score (nSPS) is 23.4. The molecule has 1 saturated heterocycles. The predicted octanol–water partition coefficient (Wildman–Crippen LogP) is 1.61. The van der Waals surface area contributed by atoms with Gasteiger partial charge < -0.3 is 20.2 Å². The van der Waals surface area contributed by atoms with Crippen LogP contribution in [-0.2, 0) is 4.79 Å². The molecule has 0 aliphatic carbocycles. The molecule has 0 bridgehead atoms. The second-order valence-corrected chi connectivity index (χ2v) is 6.08. The van der Waals surface area contributed by atoms with E-state index < -0.39 is 11.4 Å². The molecule has 0 spiro atoms. The number of amides is 2. The van der Waals surface area contributed by atoms with Crippen LogP contribution in [0.3, 0.4) is 0 Å². The van der Waals surface area contributed by atoms with Crippen LogP contribution in [0.2, 0.25) is 0 Å². The zero-order chi connectivity index (χ0) is 16.0. The molecule has 1 heterocycles. The average Bonchev–Trinajstić information content (AvgIpc) is 2.92. The number of carboxylic acids is 1. The molecule has 0 aromatic heterocycles. The minimum absolute atomic E-state index is 0.149. The van der Waals surface area contributed by atoms with Gasteiger partial charge in [-0.3, -0.25) is 4.79 Å². The van der Waals surface area contributed by atoms with Gasteiger partial charge in [-0.05, 0) is 33.2 Å². The van der Waals surface area contributed by atoms with Crippen LogP contribution in [0.5, 0.6) is 0 Å². The lowest BCUT2D eigenvalue weighted by Crippen LogP contribution is -2.44. The number of likely N-dealkylation sites (N-methyl/N-ethyl adjacent to an activating group) is 1. The summed E-state index contributed by atoms with van der Waals surface area (Å²) in [6.45, 7) is 8.38. The molecule has 2 atom stereocenters. The molecule has 1 aliphatic rings. The maximum absolute atomic E-state index is 12.1. The topological polar surface area (TPSA) is 72.9 Å². The number of rotatable bonds is 7. The highest BCUT2D eigenvalue weighted by atomic mass is 16.4. The van der Waals surface area contributed by atoms with Crippen molar-refractivity contribution in [2.75, 3.05) is 33.2 Å². The Bertz CT molecular complexity index is 375. The van der Waals surface area contributed by atoms with Gasteiger partial charge in [0, 0.05) is 32.2 Å². The summed E-state index contributed by atoms with van der Waals surface area (Å²) >= 11 is 0. The second-order valence-electron chi connectivity index (χ2n) is 6.08. The number of hydrogen-bond acceptors (Lipinski definition) is 3. The Morgan fingerprint density at radius 1 is 1.43 bits per heavy atom. The Balaban J connectivity index is 2.39. The SMILES string of the molecule is CCC(C)N(C)CCNC(=O)N1CCC(CC)(C(=O)O)C1. The average molecular weight is 299 g/mol. The van der Waals surface area contributed by atoms with E-state index in [1.54, 1.807) is 4.90 Å². The lowest BCUT2D eigenvalue weighted by atomic mass is 9.84. The van der Waals surface area contributed by atoms with Crippen molar-refractivity contribution >= 4 is 12.0 Å². The van der Waals surface area contributed by atoms with Gasteiger partial charge >= 0.3 is 12.0 Å². The number of carboxylic acid groups (broad SMARTS) is 1. The Kier molecular flexibility index (Phi) is 6.45. The van der Waals surface area contributed by atoms with Gasteiger partial charge in [0.05, 0.1) is 5.41 Å². The minimum atomic E-state index is -0.795. The third kappa shape index (κ3) is 4.33. The van der Waals surface area contributed by atoms with Gasteiger partial charge in [0.15, 0.2) is 0 Å². The fraction of sp³-hybridized carbons (Fsp3) is 0.867. The number of nitrogens with zero attached hydrogens (tertiary/aromatic N) is 2. The van der Waals surface area contributed by atoms with Crippen LogP contribution in [-0.4, -0.2) is 66.2 Å². The van der Waals surface area contributed by atoms with Crippen molar-refractivity contribution in [3.8, 4) is 0 Å². The van der Waals surface area contributed by atoms with Gasteiger partial charge in [0.2, 0.25) is 0 Å². The smallest absolute Gasteiger partial charge is 0.317 e. The summed E-state index contributed by atoms with van der Waals surface area (Å²) in [5.41, 5.74) is -0.759. The number of hydrogen-bond donors (Lipinski definition) is 2. The van der Waals surface area contributed by atoms with Crippen molar-refractivity contribution < 1.29 is 14.7 Å². The first-order chi connectivity index (χ1) is 9.86. The molecular weight excluding hydrogens is 270 g/mol. The molecule has 0 aromatic carbocycles. The van der Waals surface area contributed by atoms with Crippen LogP contribution in [0.4, 0.5) is 4.79 Å². The Morgan fingerprint density at radius 3 is 2.57 bits per heavy atom. The van der Waals surface area contributed by atoms with E-state index in [1.807, 2.05) is 14.0 Å². The van der Waals surface area contributed by atoms with Crippen molar-refractivity contribution in [2.24, 2.45) is 5.41 Å². The van der Waals surface area contributed by atoms with Crippen LogP contribution in [0.15, 0.2) is 0 Å². The first-order valence-electron chi connectivity index (χ1n) is 7.82. The van der Waals surface area contributed by atoms with E-state index in [2.05, 4.69) is 24.1 Å². The van der Waals surface area contributed by atoms with Crippen molar-refractivity contribution in [2.45, 2.75) is 46.1 Å². The first kappa shape index (κ1) is 17.8. The molecule has 1 aliphatic heterocycles. The highest BCUT2D eigenvalue weighted by molar-refractivity contribution is 5.79. The molecule has 21 heavy (non-hydrogen) atoms. The second kappa shape index (κ2) is 7.64. The molecule has 6 nitrogen and oxygen atoms in total. The lowest BCUT2D eigenvalue weighted by molar-refractivity contribution is -0.148. The molecule has 2 amide bonds. The largest absolute Gasteiger partial charge is 0.481 e. The number of likely N-dealkylation sites (tertiary alicyclic amines) is 1. The van der Waals surface area contributed by atoms with Crippen LogP contribution in [0.1, 0.15) is 40.0 Å². The van der Waals surface area contributed by atoms with Gasteiger partial charge in [-0.15, -0.1) is 0 Å². The van der Waals surface area contributed by atoms with Gasteiger partial charge in [-0.25, -0.2) is 4.79 Å². The van der Waals surface area contributed by atoms with Crippen LogP contribution < -0.4 is 5.32 Å². The highest BCUT2D eigenvalue weighted by Gasteiger charge is 2.44. The van der Waals surface area contributed by atoms with E-state index >= 15 is 0 Å². The summed E-state index contributed by atoms with van der Waals surface area (Å²) in [7, 11) is 2.04. The summed E-state index contributed by atoms with van der Waals surface area (Å²) in [5.74, 6) is -0.795. The maximum atomic E-state index is 12.1. The monoisotopic (exact) mass is 299 g/mol. The third-order valence-corrected chi connectivity index (χ3v) is 4.86. The summed E-state index contributed by atoms with van der Waals surface area (Å²) < 4.78 is 0. The van der Waals surface area contributed by atoms with E-state index in [4.69, 9.17) is 0 Å². The summed E-state index contributed by atoms with van der Waals surface area (Å²) in [6.07, 6.45) is 2.18. The first-order valence-corrected chi connectivity index (χ1v) is 7.82. The summed E-state index contributed by atoms with van der Waals surface area (Å²) in [5, 5.41) is 12.2. The highest BCUT2D eigenvalue weighted by Crippen LogP contribution is 2.34. The number of urea groups is 1. The standard InChI is InChI=1S/C15H29N3O3/c1-5-12(3)17(4)10-8-16-14(21)18-9-7-15(6-2,11-18)13(19)20/h12H,5-11H2,1-4H3,(H,16,21)(H,19,20). The molecule has 0 saturated carbocycles. The van der Waals surface area contributed by atoms with E-state index in [9.17, 15) is 14.7 Å². The molecule has 1 fully saturated rings. The lowest BCUT2D eigenvalue weighted by Gasteiger charge is -2.25. The maximum Gasteiger partial charge on any atom is 0.317 e. The van der Waals surface area contributed by atoms with Crippen molar-refractivity contribution in [1.82, 2.24) is 15.1 Å². The molecular formula is C15H29N3O3. The van der Waals surface area contributed by atoms with E-state index in [-0.39, 0.29) is 6.03 Å². The third-order valence-electron chi connectivity index (χ3n) is 4.86. The van der Waals surface area contributed by atoms with Gasteiger partial charge in [-0.1, -0.05) is 13.8 Å². The minimum Gasteiger partial charge on any atom is -0.481 e. The Hall–Kier alpha value is -1.30. The summed E-state index contributed by atoms with van der Waals surface area (Å²) in [6, 6.07) is 0.345. The molecule has 0 radical (unpaired) electrons. The molecule has 1 rings (SSSR count). The molecule has 6 heteroatoms. The van der Waals surface area contributed by atoms with Gasteiger partial charge in [-0.2, -0.15) is 0 Å². The predicted molar refractivity (Wildman–Crippen MR) is 82.3 cm³/mol. The number of carbonyl (C=O) groups excluding carboxylic acids is 1. The van der Waals surface area contributed by atoms with E-state index in [0.29, 0.717) is 38.5 Å². The molecule has 2 N–H and O–H groups in total. The van der Waals surface area contributed by atoms with Crippen LogP contribution in [0.25, 0.3) is 0 Å². The van der Waals surface area contributed by atoms with Crippen molar-refractivity contribution in [3.05, 3.63) is 0 Å². The Morgan fingerprint density at radius 2 is 2.10 bits per heavy atom. The van der Waals surface area contributed by atoms with Crippen LogP contribution in [0, 0.1) is 5.41 Å². The molecule has 0 aromatic rings. The fourth-order valence-corrected chi connectivity index (χ4v) is 2.64. The van der Waals surface area contributed by atoms with E-state index in [0.717, 1.165) is 13.0 Å². The summed E-state index contributed by atoms with van der Waals surface area (Å²) in [4.78, 5) is 27.3. The number of carbonyl (C=O) groups is 2. The molecule has 2 unspecified atom stereocenters. The zero-order valence-corrected chi connectivity index (χ0v) is 13.7.